The summed E-state index contributed by atoms with van der Waals surface area (Å²) in [5.41, 5.74) is 9.33. The normalized spacial score (nSPS) is 13.6. The van der Waals surface area contributed by atoms with Gasteiger partial charge in [0.15, 0.2) is 92.0 Å². The number of carbonyl (C=O) groups is 6. The van der Waals surface area contributed by atoms with E-state index >= 15 is 4.39 Å². The van der Waals surface area contributed by atoms with Crippen LogP contribution in [0.5, 0.6) is 17.2 Å². The van der Waals surface area contributed by atoms with E-state index in [1.165, 1.54) is 50.0 Å². The number of nitrogens with one attached hydrogen (secondary N) is 6. The van der Waals surface area contributed by atoms with Crippen LogP contribution in [0.15, 0.2) is 181 Å². The van der Waals surface area contributed by atoms with Gasteiger partial charge in [-0.05, 0) is 107 Å². The summed E-state index contributed by atoms with van der Waals surface area (Å²) in [6.07, 6.45) is 7.45. The van der Waals surface area contributed by atoms with Gasteiger partial charge in [-0.3, -0.25) is 38.4 Å². The second-order valence-electron chi connectivity index (χ2n) is 35.7. The van der Waals surface area contributed by atoms with Crippen molar-refractivity contribution in [3.05, 3.63) is 289 Å². The van der Waals surface area contributed by atoms with Crippen LogP contribution in [0.4, 0.5) is 19.0 Å². The topological polar surface area (TPSA) is 527 Å². The number of aromatic amines is 3. The predicted octanol–water partition coefficient (Wildman–Crippen LogP) is 7.73. The number of carboxylic acids is 1. The third kappa shape index (κ3) is 22.4. The molecular formula is C97H106F3N25O16. The summed E-state index contributed by atoms with van der Waals surface area (Å²) < 4.78 is 64.6. The number of amides is 5. The molecule has 0 bridgehead atoms. The number of halogens is 3. The first-order valence-corrected chi connectivity index (χ1v) is 45.6. The van der Waals surface area contributed by atoms with Crippen LogP contribution in [-0.4, -0.2) is 192 Å². The molecule has 141 heavy (non-hydrogen) atoms. The summed E-state index contributed by atoms with van der Waals surface area (Å²) in [4.78, 5) is 182. The number of aromatic hydroxyl groups is 1. The third-order valence-electron chi connectivity index (χ3n) is 24.3. The molecule has 17 rings (SSSR count). The number of rotatable bonds is 29. The largest absolute Gasteiger partial charge is 0.503 e. The van der Waals surface area contributed by atoms with E-state index in [-0.39, 0.29) is 162 Å². The lowest BCUT2D eigenvalue weighted by Crippen LogP contribution is -2.46. The number of benzene rings is 2. The van der Waals surface area contributed by atoms with Gasteiger partial charge in [0.05, 0.1) is 43.1 Å². The molecule has 2 aromatic carbocycles. The molecule has 0 fully saturated rings. The first-order valence-electron chi connectivity index (χ1n) is 45.6. The number of ether oxygens (including phenoxy) is 2. The number of fused-ring (bicyclic) bond motifs is 6. The second-order valence-corrected chi connectivity index (χ2v) is 35.7. The molecule has 44 heteroatoms. The number of carbonyl (C=O) groups excluding carboxylic acids is 5. The molecule has 3 atom stereocenters. The number of anilines is 1. The molecule has 0 unspecified atom stereocenters. The molecule has 41 nitrogen and oxygen atoms in total. The highest BCUT2D eigenvalue weighted by Crippen LogP contribution is 2.32. The minimum atomic E-state index is -1.11. The molecule has 736 valence electrons. The zero-order valence-electron chi connectivity index (χ0n) is 79.2. The number of aromatic nitrogens is 18. The molecule has 3 aliphatic rings. The van der Waals surface area contributed by atoms with Crippen molar-refractivity contribution in [2.45, 2.75) is 173 Å². The van der Waals surface area contributed by atoms with Crippen molar-refractivity contribution >= 4 is 58.3 Å². The molecule has 0 spiro atoms. The van der Waals surface area contributed by atoms with Crippen LogP contribution in [0.25, 0.3) is 51.1 Å². The van der Waals surface area contributed by atoms with E-state index in [4.69, 9.17) is 15.2 Å². The zero-order chi connectivity index (χ0) is 101. The van der Waals surface area contributed by atoms with Crippen molar-refractivity contribution in [2.24, 2.45) is 35.3 Å². The quantitative estimate of drug-likeness (QED) is 0.0216. The minimum Gasteiger partial charge on any atom is -0.503 e. The van der Waals surface area contributed by atoms with Crippen molar-refractivity contribution in [1.82, 2.24) is 113 Å². The maximum absolute atomic E-state index is 15.0. The molecule has 10 N–H and O–H groups in total. The van der Waals surface area contributed by atoms with Crippen molar-refractivity contribution in [2.75, 3.05) is 25.0 Å². The van der Waals surface area contributed by atoms with Crippen molar-refractivity contribution < 1.29 is 61.6 Å². The average Bonchev–Trinajstić information content (AvgIpc) is 1.22. The van der Waals surface area contributed by atoms with E-state index < -0.39 is 86.8 Å². The van der Waals surface area contributed by atoms with Gasteiger partial charge in [-0.15, -0.1) is 0 Å². The summed E-state index contributed by atoms with van der Waals surface area (Å²) in [6.45, 7) is 25.4. The summed E-state index contributed by atoms with van der Waals surface area (Å²) in [7, 11) is 0. The molecule has 0 saturated heterocycles. The van der Waals surface area contributed by atoms with Gasteiger partial charge < -0.3 is 69.8 Å². The Morgan fingerprint density at radius 1 is 0.447 bits per heavy atom. The molecule has 0 saturated carbocycles. The number of H-pyrrole nitrogens is 3. The van der Waals surface area contributed by atoms with E-state index in [0.29, 0.717) is 95.7 Å². The Balaban J connectivity index is 0.000000156. The zero-order valence-corrected chi connectivity index (χ0v) is 79.2. The first kappa shape index (κ1) is 100. The Bertz CT molecular complexity index is 7450. The molecule has 14 aromatic rings. The second kappa shape index (κ2) is 43.5. The molecule has 0 aliphatic carbocycles. The van der Waals surface area contributed by atoms with Gasteiger partial charge in [0.2, 0.25) is 28.1 Å². The summed E-state index contributed by atoms with van der Waals surface area (Å²) >= 11 is 0. The summed E-state index contributed by atoms with van der Waals surface area (Å²) in [5, 5.41) is 46.5. The van der Waals surface area contributed by atoms with Gasteiger partial charge in [-0.2, -0.15) is 15.3 Å². The van der Waals surface area contributed by atoms with E-state index in [9.17, 15) is 76.5 Å². The molecular weight excluding hydrogens is 1830 g/mol. The standard InChI is InChI=1S/C35H37FN8O5.C28H31FN8O5.C19H23N3O3.C15H15FN6O3/c1-20(2)25(15-27-26(36)17-37-32(39-27)23-10-11-29-40-41-35(48)44(29)18-23)33(46)38-16-24-14-28(45)31(49-19-22-8-6-5-7-9-22)30-34(47)42(21(3)4)12-13-43(24)30;1-14(2)18(10-20-19(29)12-30-25(32-20)16-5-6-22-33-34-28(42)37(22)13-16)26(40)31-11-17-9-21(38)24(39)23-27(41)35(15(3)4)7-8-36(17)23;1-13(2)21-8-9-22-15(11-20)10-16(23)18(17(22)19(21)24)25-12-14-6-4-3-5-7-14;1-7(2)11(14(23)24)18-13-9(16)5-17-12(19-13)8-3-4-10-20-21-15(25)22(10)6-8/h5-11,14,17-18,20-21,25H,12-13,15-16,19H2,1-4H3,(H,38,46)(H,41,48);5-6,9,12-15,18,39H,7-8,10-11H2,1-4H3,(H,31,40)(H,34,42);3-7,10,13H,8-9,11-12,20H2,1-2H3;3-7,11H,1-2H3,(H,21,25)(H,23,24)(H,17,18,19)/t25-;18-;;11-/m00.0/s1. The van der Waals surface area contributed by atoms with Gasteiger partial charge in [0.25, 0.3) is 17.7 Å². The van der Waals surface area contributed by atoms with Gasteiger partial charge in [0.1, 0.15) is 19.3 Å². The highest BCUT2D eigenvalue weighted by atomic mass is 19.1. The maximum atomic E-state index is 15.0. The number of aliphatic carboxylic acids is 1. The molecule has 3 aliphatic heterocycles. The van der Waals surface area contributed by atoms with E-state index in [1.807, 2.05) is 134 Å². The molecule has 12 aromatic heterocycles. The fourth-order valence-corrected chi connectivity index (χ4v) is 16.5. The van der Waals surface area contributed by atoms with Crippen LogP contribution >= 0.6 is 0 Å². The SMILES string of the molecule is CC(C)N1CCn2c(CN)cc(=O)c(OCc3ccccc3)c2C1=O.CC(C)[C@H](Cc1nc(-c2ccc3n[nH]c(=O)n3c2)ncc1F)C(=O)NCc1cc(=O)c(O)c2n1CCN(C(C)C)C2=O.CC(C)[C@H](Cc1nc(-c2ccc3n[nH]c(=O)n3c2)ncc1F)C(=O)NCc1cc(=O)c(OCc2ccccc2)c2n1CCN(C(C)C)C2=O.CC(C)[C@H](Nc1nc(-c2ccc3n[nH]c(=O)n3c2)ncc1F)C(=O)O. The van der Waals surface area contributed by atoms with Crippen molar-refractivity contribution in [3.63, 3.8) is 0 Å². The van der Waals surface area contributed by atoms with Crippen molar-refractivity contribution in [3.8, 4) is 51.4 Å². The van der Waals surface area contributed by atoms with Crippen LogP contribution in [0, 0.1) is 47.0 Å². The van der Waals surface area contributed by atoms with Gasteiger partial charge in [-0.25, -0.2) is 90.8 Å². The molecule has 0 radical (unpaired) electrons. The summed E-state index contributed by atoms with van der Waals surface area (Å²) in [6, 6.07) is 31.6. The Labute approximate surface area is 801 Å². The fourth-order valence-electron chi connectivity index (χ4n) is 16.5. The Kier molecular flexibility index (Phi) is 31.0. The predicted molar refractivity (Wildman–Crippen MR) is 510 cm³/mol. The molecule has 15 heterocycles. The van der Waals surface area contributed by atoms with Crippen LogP contribution in [-0.2, 0) is 79.7 Å². The van der Waals surface area contributed by atoms with Crippen LogP contribution in [0.2, 0.25) is 0 Å². The number of hydrogen-bond donors (Lipinski definition) is 9. The third-order valence-corrected chi connectivity index (χ3v) is 24.3. The maximum Gasteiger partial charge on any atom is 0.347 e. The highest BCUT2D eigenvalue weighted by Gasteiger charge is 2.38. The lowest BCUT2D eigenvalue weighted by atomic mass is 9.90. The monoisotopic (exact) mass is 1930 g/mol. The van der Waals surface area contributed by atoms with Gasteiger partial charge >= 0.3 is 23.0 Å². The molecule has 5 amide bonds. The van der Waals surface area contributed by atoms with Gasteiger partial charge in [0, 0.05) is 159 Å². The van der Waals surface area contributed by atoms with Crippen LogP contribution < -0.4 is 64.5 Å². The number of pyridine rings is 6. The van der Waals surface area contributed by atoms with E-state index in [2.05, 4.69) is 76.4 Å². The van der Waals surface area contributed by atoms with E-state index in [1.54, 1.807) is 74.1 Å². The van der Waals surface area contributed by atoms with Gasteiger partial charge in [-0.1, -0.05) is 102 Å². The average molecular weight is 1940 g/mol. The van der Waals surface area contributed by atoms with Crippen molar-refractivity contribution in [1.29, 1.82) is 0 Å². The highest BCUT2D eigenvalue weighted by molar-refractivity contribution is 5.98. The van der Waals surface area contributed by atoms with E-state index in [0.717, 1.165) is 29.7 Å². The summed E-state index contributed by atoms with van der Waals surface area (Å²) in [5.74, 6) is -7.23. The fraction of sp³-hybridized carbons (Fsp3) is 0.351. The van der Waals surface area contributed by atoms with Crippen LogP contribution in [0.1, 0.15) is 154 Å². The number of nitrogens with two attached hydrogens (primary N) is 1. The Morgan fingerprint density at radius 2 is 0.801 bits per heavy atom. The Hall–Kier alpha value is -16.4. The Morgan fingerprint density at radius 3 is 1.17 bits per heavy atom. The number of hydrogen-bond acceptors (Lipinski definition) is 26. The smallest absolute Gasteiger partial charge is 0.347 e. The first-order chi connectivity index (χ1) is 67.4. The lowest BCUT2D eigenvalue weighted by Gasteiger charge is -2.35. The number of nitrogens with zero attached hydrogens (tertiary/aromatic N) is 18. The minimum absolute atomic E-state index is 0.0229. The number of carboxylic acid groups (broad SMARTS) is 1. The van der Waals surface area contributed by atoms with Crippen LogP contribution in [0.3, 0.4) is 0 Å². The lowest BCUT2D eigenvalue weighted by molar-refractivity contribution is -0.139.